The lowest BCUT2D eigenvalue weighted by Gasteiger charge is -2.25. The molecule has 0 saturated carbocycles. The highest BCUT2D eigenvalue weighted by molar-refractivity contribution is 6.14. The average Bonchev–Trinajstić information content (AvgIpc) is 3.60. The Labute approximate surface area is 283 Å². The minimum Gasteiger partial charge on any atom is -0.307 e. The van der Waals surface area contributed by atoms with Gasteiger partial charge in [0.2, 0.25) is 0 Å². The summed E-state index contributed by atoms with van der Waals surface area (Å²) in [4.78, 5) is 0. The van der Waals surface area contributed by atoms with Crippen LogP contribution < -0.4 is 0 Å². The molecule has 6 aromatic carbocycles. The fourth-order valence-corrected chi connectivity index (χ4v) is 7.76. The Balaban J connectivity index is 1.69. The van der Waals surface area contributed by atoms with Gasteiger partial charge in [-0.15, -0.1) is 0 Å². The SMILES string of the molecule is Cc1cccc2c3cccc(C)c3n(-c3cc(-c4ccccc4C(F)(F)F)cc(C(F)(F)F)c3-n3c4c(C)cccc4c4cccc(C)c43)c12. The Morgan fingerprint density at radius 2 is 0.820 bits per heavy atom. The molecule has 0 fully saturated rings. The first-order valence-corrected chi connectivity index (χ1v) is 16.2. The first kappa shape index (κ1) is 31.7. The van der Waals surface area contributed by atoms with E-state index in [2.05, 4.69) is 0 Å². The van der Waals surface area contributed by atoms with E-state index in [-0.39, 0.29) is 22.5 Å². The first-order chi connectivity index (χ1) is 23.8. The number of hydrogen-bond donors (Lipinski definition) is 0. The summed E-state index contributed by atoms with van der Waals surface area (Å²) < 4.78 is 94.4. The number of aryl methyl sites for hydroxylation is 4. The smallest absolute Gasteiger partial charge is 0.307 e. The van der Waals surface area contributed by atoms with Gasteiger partial charge in [0.15, 0.2) is 0 Å². The van der Waals surface area contributed by atoms with Crippen LogP contribution in [0.2, 0.25) is 0 Å². The van der Waals surface area contributed by atoms with Gasteiger partial charge in [-0.1, -0.05) is 91.0 Å². The number of alkyl halides is 6. The molecule has 8 heteroatoms. The van der Waals surface area contributed by atoms with E-state index < -0.39 is 23.5 Å². The van der Waals surface area contributed by atoms with Crippen LogP contribution in [-0.4, -0.2) is 9.13 Å². The van der Waals surface area contributed by atoms with Gasteiger partial charge in [0.05, 0.1) is 44.6 Å². The van der Waals surface area contributed by atoms with Gasteiger partial charge in [0, 0.05) is 21.5 Å². The van der Waals surface area contributed by atoms with Crippen LogP contribution in [0.25, 0.3) is 66.1 Å². The van der Waals surface area contributed by atoms with Crippen molar-refractivity contribution < 1.29 is 26.3 Å². The van der Waals surface area contributed by atoms with Crippen LogP contribution in [0, 0.1) is 27.7 Å². The fraction of sp³-hybridized carbons (Fsp3) is 0.143. The van der Waals surface area contributed by atoms with Crippen LogP contribution in [0.5, 0.6) is 0 Å². The van der Waals surface area contributed by atoms with Crippen molar-refractivity contribution >= 4 is 43.6 Å². The molecule has 0 radical (unpaired) electrons. The lowest BCUT2D eigenvalue weighted by atomic mass is 9.95. The molecule has 8 rings (SSSR count). The van der Waals surface area contributed by atoms with E-state index in [0.717, 1.165) is 55.9 Å². The Morgan fingerprint density at radius 1 is 0.420 bits per heavy atom. The maximum Gasteiger partial charge on any atom is 0.418 e. The van der Waals surface area contributed by atoms with Crippen molar-refractivity contribution in [1.29, 1.82) is 0 Å². The van der Waals surface area contributed by atoms with Crippen LogP contribution in [-0.2, 0) is 12.4 Å². The van der Waals surface area contributed by atoms with E-state index in [4.69, 9.17) is 0 Å². The van der Waals surface area contributed by atoms with Gasteiger partial charge < -0.3 is 9.13 Å². The maximum atomic E-state index is 15.8. The zero-order valence-electron chi connectivity index (χ0n) is 27.6. The van der Waals surface area contributed by atoms with Gasteiger partial charge >= 0.3 is 12.4 Å². The second-order valence-electron chi connectivity index (χ2n) is 13.0. The molecule has 0 saturated heterocycles. The van der Waals surface area contributed by atoms with E-state index in [0.29, 0.717) is 22.1 Å². The Kier molecular flexibility index (Phi) is 6.99. The summed E-state index contributed by atoms with van der Waals surface area (Å²) >= 11 is 0. The van der Waals surface area contributed by atoms with Crippen LogP contribution in [0.1, 0.15) is 33.4 Å². The molecule has 2 aromatic heterocycles. The highest BCUT2D eigenvalue weighted by Gasteiger charge is 2.39. The van der Waals surface area contributed by atoms with Gasteiger partial charge in [-0.25, -0.2) is 0 Å². The molecule has 8 aromatic rings. The number of para-hydroxylation sites is 4. The number of aromatic nitrogens is 2. The molecule has 0 spiro atoms. The number of nitrogens with zero attached hydrogens (tertiary/aromatic N) is 2. The summed E-state index contributed by atoms with van der Waals surface area (Å²) in [6.45, 7) is 7.52. The van der Waals surface area contributed by atoms with Crippen molar-refractivity contribution in [3.63, 3.8) is 0 Å². The average molecular weight is 677 g/mol. The van der Waals surface area contributed by atoms with Crippen molar-refractivity contribution in [2.45, 2.75) is 40.0 Å². The molecule has 0 N–H and O–H groups in total. The van der Waals surface area contributed by atoms with Gasteiger partial charge in [0.1, 0.15) is 0 Å². The molecule has 0 aliphatic rings. The number of rotatable bonds is 3. The summed E-state index contributed by atoms with van der Waals surface area (Å²) in [5.74, 6) is 0. The monoisotopic (exact) mass is 676 g/mol. The third-order valence-corrected chi connectivity index (χ3v) is 9.83. The third kappa shape index (κ3) is 4.65. The van der Waals surface area contributed by atoms with Crippen LogP contribution in [0.4, 0.5) is 26.3 Å². The molecule has 0 atom stereocenters. The van der Waals surface area contributed by atoms with Crippen LogP contribution >= 0.6 is 0 Å². The number of benzene rings is 6. The normalized spacial score (nSPS) is 12.6. The molecule has 2 heterocycles. The number of hydrogen-bond acceptors (Lipinski definition) is 0. The fourth-order valence-electron chi connectivity index (χ4n) is 7.76. The van der Waals surface area contributed by atoms with Crippen molar-refractivity contribution in [1.82, 2.24) is 9.13 Å². The zero-order valence-corrected chi connectivity index (χ0v) is 27.6. The molecule has 0 amide bonds. The predicted octanol–water partition coefficient (Wildman–Crippen LogP) is 12.8. The van der Waals surface area contributed by atoms with Gasteiger partial charge in [-0.3, -0.25) is 0 Å². The van der Waals surface area contributed by atoms with Crippen LogP contribution in [0.15, 0.2) is 109 Å². The van der Waals surface area contributed by atoms with Crippen molar-refractivity contribution in [2.75, 3.05) is 0 Å². The highest BCUT2D eigenvalue weighted by atomic mass is 19.4. The van der Waals surface area contributed by atoms with Gasteiger partial charge in [-0.2, -0.15) is 26.3 Å². The van der Waals surface area contributed by atoms with Gasteiger partial charge in [-0.05, 0) is 79.3 Å². The highest BCUT2D eigenvalue weighted by Crippen LogP contribution is 2.48. The molecular weight excluding hydrogens is 646 g/mol. The van der Waals surface area contributed by atoms with E-state index >= 15 is 13.2 Å². The molecular formula is C42H30F6N2. The van der Waals surface area contributed by atoms with Crippen molar-refractivity contribution in [3.8, 4) is 22.5 Å². The Hall–Kier alpha value is -5.50. The predicted molar refractivity (Wildman–Crippen MR) is 190 cm³/mol. The summed E-state index contributed by atoms with van der Waals surface area (Å²) in [6.07, 6.45) is -9.75. The van der Waals surface area contributed by atoms with Gasteiger partial charge in [0.25, 0.3) is 0 Å². The minimum atomic E-state index is -4.95. The zero-order chi connectivity index (χ0) is 35.3. The molecule has 50 heavy (non-hydrogen) atoms. The standard InChI is InChI=1S/C42H30F6N2/c1-23-11-7-16-29-30-17-8-12-24(2)37(30)49(36(23)29)35-22-27(28-15-5-6-20-33(28)41(43,44)45)21-34(42(46,47)48)40(35)50-38-25(3)13-9-18-31(38)32-19-10-14-26(4)39(32)50/h5-22H,1-4H3. The third-order valence-electron chi connectivity index (χ3n) is 9.83. The molecule has 2 nitrogen and oxygen atoms in total. The summed E-state index contributed by atoms with van der Waals surface area (Å²) in [7, 11) is 0. The van der Waals surface area contributed by atoms with E-state index in [1.807, 2.05) is 105 Å². The molecule has 0 unspecified atom stereocenters. The maximum absolute atomic E-state index is 15.8. The first-order valence-electron chi connectivity index (χ1n) is 16.2. The van der Waals surface area contributed by atoms with Crippen molar-refractivity contribution in [2.24, 2.45) is 0 Å². The quantitative estimate of drug-likeness (QED) is 0.165. The summed E-state index contributed by atoms with van der Waals surface area (Å²) in [6, 6.07) is 29.9. The largest absolute Gasteiger partial charge is 0.418 e. The van der Waals surface area contributed by atoms with E-state index in [1.165, 1.54) is 24.3 Å². The van der Waals surface area contributed by atoms with E-state index in [9.17, 15) is 13.2 Å². The Bertz CT molecular complexity index is 2550. The second-order valence-corrected chi connectivity index (χ2v) is 13.0. The van der Waals surface area contributed by atoms with Crippen molar-refractivity contribution in [3.05, 3.63) is 143 Å². The number of fused-ring (bicyclic) bond motifs is 6. The molecule has 0 aliphatic heterocycles. The molecule has 250 valence electrons. The molecule has 0 aliphatic carbocycles. The Morgan fingerprint density at radius 3 is 1.24 bits per heavy atom. The summed E-state index contributed by atoms with van der Waals surface area (Å²) in [5.41, 5.74) is 3.12. The molecule has 0 bridgehead atoms. The summed E-state index contributed by atoms with van der Waals surface area (Å²) in [5, 5.41) is 3.23. The second kappa shape index (κ2) is 11.0. The lowest BCUT2D eigenvalue weighted by molar-refractivity contribution is -0.137. The van der Waals surface area contributed by atoms with Crippen LogP contribution in [0.3, 0.4) is 0 Å². The lowest BCUT2D eigenvalue weighted by Crippen LogP contribution is -2.16. The topological polar surface area (TPSA) is 9.86 Å². The van der Waals surface area contributed by atoms with E-state index in [1.54, 1.807) is 4.57 Å². The minimum absolute atomic E-state index is 0.126. The number of halogens is 6.